The summed E-state index contributed by atoms with van der Waals surface area (Å²) in [7, 11) is 0. The Morgan fingerprint density at radius 1 is 1.10 bits per heavy atom. The number of hydrogen-bond acceptors (Lipinski definition) is 2. The van der Waals surface area contributed by atoms with Crippen molar-refractivity contribution < 1.29 is 9.50 Å². The summed E-state index contributed by atoms with van der Waals surface area (Å²) in [5.41, 5.74) is 2.03. The van der Waals surface area contributed by atoms with Crippen LogP contribution in [0.5, 0.6) is 0 Å². The van der Waals surface area contributed by atoms with E-state index in [1.54, 1.807) is 12.3 Å². The van der Waals surface area contributed by atoms with Gasteiger partial charge in [-0.05, 0) is 35.9 Å². The van der Waals surface area contributed by atoms with Crippen molar-refractivity contribution >= 4 is 22.5 Å². The number of hydrogen-bond donors (Lipinski definition) is 1. The molecule has 0 aliphatic carbocycles. The van der Waals surface area contributed by atoms with Crippen molar-refractivity contribution in [1.82, 2.24) is 4.98 Å². The number of aromatic nitrogens is 1. The molecule has 3 rings (SSSR count). The zero-order valence-corrected chi connectivity index (χ0v) is 11.2. The van der Waals surface area contributed by atoms with E-state index in [2.05, 4.69) is 4.98 Å². The van der Waals surface area contributed by atoms with Crippen LogP contribution in [0.2, 0.25) is 5.02 Å². The molecular formula is C16H11ClFNO. The highest BCUT2D eigenvalue weighted by Crippen LogP contribution is 2.30. The van der Waals surface area contributed by atoms with Gasteiger partial charge in [-0.2, -0.15) is 0 Å². The maximum atomic E-state index is 13.0. The molecule has 100 valence electrons. The minimum Gasteiger partial charge on any atom is -0.384 e. The Morgan fingerprint density at radius 2 is 1.95 bits per heavy atom. The number of benzene rings is 2. The summed E-state index contributed by atoms with van der Waals surface area (Å²) in [6.07, 6.45) is 0.822. The molecule has 0 spiro atoms. The van der Waals surface area contributed by atoms with Crippen LogP contribution in [0, 0.1) is 5.82 Å². The Balaban J connectivity index is 2.05. The standard InChI is InChI=1S/C16H11ClFNO/c17-14-9-12(18)4-5-13(14)16(20)11-3-6-15-10(8-11)2-1-7-19-15/h1-9,16,20H. The third kappa shape index (κ3) is 2.38. The number of pyridine rings is 1. The largest absolute Gasteiger partial charge is 0.384 e. The van der Waals surface area contributed by atoms with E-state index in [4.69, 9.17) is 11.6 Å². The molecule has 0 fully saturated rings. The Hall–Kier alpha value is -1.97. The lowest BCUT2D eigenvalue weighted by atomic mass is 10.00. The average molecular weight is 288 g/mol. The molecule has 1 heterocycles. The molecule has 4 heteroatoms. The number of aliphatic hydroxyl groups excluding tert-OH is 1. The van der Waals surface area contributed by atoms with Crippen molar-refractivity contribution in [3.8, 4) is 0 Å². The molecule has 0 amide bonds. The number of nitrogens with zero attached hydrogens (tertiary/aromatic N) is 1. The first-order valence-electron chi connectivity index (χ1n) is 6.13. The van der Waals surface area contributed by atoms with Crippen molar-refractivity contribution in [2.75, 3.05) is 0 Å². The van der Waals surface area contributed by atoms with Gasteiger partial charge < -0.3 is 5.11 Å². The van der Waals surface area contributed by atoms with Crippen LogP contribution in [0.15, 0.2) is 54.7 Å². The second-order valence-corrected chi connectivity index (χ2v) is 4.93. The molecule has 2 nitrogen and oxygen atoms in total. The molecule has 0 aliphatic rings. The van der Waals surface area contributed by atoms with E-state index >= 15 is 0 Å². The third-order valence-corrected chi connectivity index (χ3v) is 3.53. The summed E-state index contributed by atoms with van der Waals surface area (Å²) in [4.78, 5) is 4.23. The van der Waals surface area contributed by atoms with Crippen LogP contribution in [-0.2, 0) is 0 Å². The maximum Gasteiger partial charge on any atom is 0.124 e. The van der Waals surface area contributed by atoms with E-state index in [0.717, 1.165) is 10.9 Å². The van der Waals surface area contributed by atoms with Gasteiger partial charge in [0.1, 0.15) is 11.9 Å². The van der Waals surface area contributed by atoms with Crippen molar-refractivity contribution in [3.05, 3.63) is 76.7 Å². The van der Waals surface area contributed by atoms with Crippen molar-refractivity contribution in [2.24, 2.45) is 0 Å². The van der Waals surface area contributed by atoms with Crippen molar-refractivity contribution in [3.63, 3.8) is 0 Å². The molecule has 3 aromatic rings. The van der Waals surface area contributed by atoms with Crippen LogP contribution in [0.1, 0.15) is 17.2 Å². The molecule has 20 heavy (non-hydrogen) atoms. The quantitative estimate of drug-likeness (QED) is 0.769. The van der Waals surface area contributed by atoms with Gasteiger partial charge in [-0.15, -0.1) is 0 Å². The smallest absolute Gasteiger partial charge is 0.124 e. The van der Waals surface area contributed by atoms with E-state index in [9.17, 15) is 9.50 Å². The first kappa shape index (κ1) is 13.0. The van der Waals surface area contributed by atoms with Crippen LogP contribution in [0.25, 0.3) is 10.9 Å². The topological polar surface area (TPSA) is 33.1 Å². The fourth-order valence-corrected chi connectivity index (χ4v) is 2.44. The average Bonchev–Trinajstić information content (AvgIpc) is 2.46. The highest BCUT2D eigenvalue weighted by atomic mass is 35.5. The van der Waals surface area contributed by atoms with Gasteiger partial charge in [-0.3, -0.25) is 4.98 Å². The SMILES string of the molecule is OC(c1ccc2ncccc2c1)c1ccc(F)cc1Cl. The van der Waals surface area contributed by atoms with Gasteiger partial charge in [-0.1, -0.05) is 29.8 Å². The number of aliphatic hydroxyl groups is 1. The summed E-state index contributed by atoms with van der Waals surface area (Å²) in [6, 6.07) is 13.2. The first-order chi connectivity index (χ1) is 9.65. The maximum absolute atomic E-state index is 13.0. The zero-order valence-electron chi connectivity index (χ0n) is 10.4. The van der Waals surface area contributed by atoms with Crippen LogP contribution < -0.4 is 0 Å². The predicted molar refractivity (Wildman–Crippen MR) is 77.2 cm³/mol. The van der Waals surface area contributed by atoms with Gasteiger partial charge in [0.25, 0.3) is 0 Å². The van der Waals surface area contributed by atoms with E-state index in [-0.39, 0.29) is 5.02 Å². The normalized spacial score (nSPS) is 12.6. The second-order valence-electron chi connectivity index (χ2n) is 4.52. The van der Waals surface area contributed by atoms with E-state index in [1.165, 1.54) is 18.2 Å². The van der Waals surface area contributed by atoms with E-state index in [0.29, 0.717) is 11.1 Å². The summed E-state index contributed by atoms with van der Waals surface area (Å²) in [6.45, 7) is 0. The Kier molecular flexibility index (Phi) is 3.38. The van der Waals surface area contributed by atoms with Crippen LogP contribution >= 0.6 is 11.6 Å². The summed E-state index contributed by atoms with van der Waals surface area (Å²) in [5.74, 6) is -0.423. The minimum absolute atomic E-state index is 0.212. The summed E-state index contributed by atoms with van der Waals surface area (Å²) in [5, 5.41) is 11.5. The van der Waals surface area contributed by atoms with Crippen LogP contribution in [0.3, 0.4) is 0 Å². The van der Waals surface area contributed by atoms with Crippen molar-refractivity contribution in [2.45, 2.75) is 6.10 Å². The molecule has 1 atom stereocenters. The van der Waals surface area contributed by atoms with Gasteiger partial charge in [0.2, 0.25) is 0 Å². The Morgan fingerprint density at radius 3 is 2.75 bits per heavy atom. The molecule has 1 N–H and O–H groups in total. The molecule has 1 aromatic heterocycles. The fourth-order valence-electron chi connectivity index (χ4n) is 2.17. The van der Waals surface area contributed by atoms with E-state index in [1.807, 2.05) is 24.3 Å². The molecule has 2 aromatic carbocycles. The summed E-state index contributed by atoms with van der Waals surface area (Å²) < 4.78 is 13.0. The highest BCUT2D eigenvalue weighted by Gasteiger charge is 2.15. The Bertz CT molecular complexity index is 775. The van der Waals surface area contributed by atoms with Crippen LogP contribution in [-0.4, -0.2) is 10.1 Å². The van der Waals surface area contributed by atoms with Gasteiger partial charge in [0.05, 0.1) is 5.52 Å². The van der Waals surface area contributed by atoms with Crippen LogP contribution in [0.4, 0.5) is 4.39 Å². The van der Waals surface area contributed by atoms with Gasteiger partial charge >= 0.3 is 0 Å². The monoisotopic (exact) mass is 287 g/mol. The highest BCUT2D eigenvalue weighted by molar-refractivity contribution is 6.31. The second kappa shape index (κ2) is 5.19. The lowest BCUT2D eigenvalue weighted by molar-refractivity contribution is 0.220. The van der Waals surface area contributed by atoms with Crippen molar-refractivity contribution in [1.29, 1.82) is 0 Å². The molecule has 0 radical (unpaired) electrons. The molecule has 0 bridgehead atoms. The molecular weight excluding hydrogens is 277 g/mol. The fraction of sp³-hybridized carbons (Fsp3) is 0.0625. The molecule has 1 unspecified atom stereocenters. The predicted octanol–water partition coefficient (Wildman–Crippen LogP) is 4.11. The number of fused-ring (bicyclic) bond motifs is 1. The van der Waals surface area contributed by atoms with Gasteiger partial charge in [0.15, 0.2) is 0 Å². The molecule has 0 saturated heterocycles. The van der Waals surface area contributed by atoms with Gasteiger partial charge in [0, 0.05) is 22.2 Å². The lowest BCUT2D eigenvalue weighted by Crippen LogP contribution is -2.01. The molecule has 0 aliphatic heterocycles. The third-order valence-electron chi connectivity index (χ3n) is 3.20. The van der Waals surface area contributed by atoms with E-state index < -0.39 is 11.9 Å². The Labute approximate surface area is 120 Å². The number of halogens is 2. The number of rotatable bonds is 2. The lowest BCUT2D eigenvalue weighted by Gasteiger charge is -2.13. The first-order valence-corrected chi connectivity index (χ1v) is 6.50. The zero-order chi connectivity index (χ0) is 14.1. The van der Waals surface area contributed by atoms with Gasteiger partial charge in [-0.25, -0.2) is 4.39 Å². The minimum atomic E-state index is -0.896. The summed E-state index contributed by atoms with van der Waals surface area (Å²) >= 11 is 5.98. The molecule has 0 saturated carbocycles.